The van der Waals surface area contributed by atoms with E-state index in [-0.39, 0.29) is 0 Å². The molecule has 72 valence electrons. The molecular weight excluding hydrogens is 196 g/mol. The molecule has 1 aromatic rings. The van der Waals surface area contributed by atoms with Crippen LogP contribution in [-0.2, 0) is 0 Å². The first-order chi connectivity index (χ1) is 6.81. The molecule has 1 atom stereocenters. The largest absolute Gasteiger partial charge is 0.310 e. The molecule has 0 aromatic heterocycles. The minimum atomic E-state index is 0.417. The molecule has 0 spiro atoms. The second kappa shape index (κ2) is 4.00. The molecule has 0 unspecified atom stereocenters. The average Bonchev–Trinajstić information content (AvgIpc) is 2.70. The van der Waals surface area contributed by atoms with Crippen LogP contribution in [0.1, 0.15) is 30.0 Å². The predicted octanol–water partition coefficient (Wildman–Crippen LogP) is 2.64. The van der Waals surface area contributed by atoms with Crippen LogP contribution in [0.15, 0.2) is 18.2 Å². The molecule has 0 aliphatic carbocycles. The van der Waals surface area contributed by atoms with Crippen molar-refractivity contribution in [2.24, 2.45) is 0 Å². The fourth-order valence-electron chi connectivity index (χ4n) is 1.81. The van der Waals surface area contributed by atoms with E-state index in [1.807, 2.05) is 12.1 Å². The van der Waals surface area contributed by atoms with Crippen LogP contribution >= 0.6 is 11.6 Å². The molecular formula is C11H11ClN2. The van der Waals surface area contributed by atoms with Crippen LogP contribution in [0.25, 0.3) is 0 Å². The molecule has 1 heterocycles. The zero-order valence-electron chi connectivity index (χ0n) is 7.76. The van der Waals surface area contributed by atoms with Crippen molar-refractivity contribution in [3.05, 3.63) is 34.3 Å². The van der Waals surface area contributed by atoms with Gasteiger partial charge in [0.25, 0.3) is 0 Å². The van der Waals surface area contributed by atoms with Crippen LogP contribution in [0.3, 0.4) is 0 Å². The van der Waals surface area contributed by atoms with Gasteiger partial charge >= 0.3 is 0 Å². The third kappa shape index (κ3) is 1.75. The summed E-state index contributed by atoms with van der Waals surface area (Å²) in [6.07, 6.45) is 2.37. The number of hydrogen-bond donors (Lipinski definition) is 1. The van der Waals surface area contributed by atoms with Crippen molar-refractivity contribution in [3.8, 4) is 6.07 Å². The van der Waals surface area contributed by atoms with Crippen LogP contribution in [0.5, 0.6) is 0 Å². The fourth-order valence-corrected chi connectivity index (χ4v) is 2.04. The Morgan fingerprint density at radius 2 is 2.36 bits per heavy atom. The first kappa shape index (κ1) is 9.51. The van der Waals surface area contributed by atoms with Gasteiger partial charge < -0.3 is 5.32 Å². The molecule has 1 aliphatic rings. The minimum Gasteiger partial charge on any atom is -0.310 e. The smallest absolute Gasteiger partial charge is 0.101 e. The van der Waals surface area contributed by atoms with E-state index in [1.165, 1.54) is 12.0 Å². The Morgan fingerprint density at radius 1 is 1.50 bits per heavy atom. The van der Waals surface area contributed by atoms with Gasteiger partial charge in [-0.15, -0.1) is 0 Å². The Labute approximate surface area is 88.5 Å². The van der Waals surface area contributed by atoms with E-state index in [2.05, 4.69) is 11.4 Å². The van der Waals surface area contributed by atoms with Gasteiger partial charge in [-0.3, -0.25) is 0 Å². The van der Waals surface area contributed by atoms with Crippen molar-refractivity contribution in [2.75, 3.05) is 6.54 Å². The van der Waals surface area contributed by atoms with E-state index < -0.39 is 0 Å². The molecule has 0 amide bonds. The van der Waals surface area contributed by atoms with E-state index in [4.69, 9.17) is 16.9 Å². The number of nitrogens with zero attached hydrogens (tertiary/aromatic N) is 1. The number of nitrogens with one attached hydrogen (secondary N) is 1. The Hall–Kier alpha value is -1.04. The minimum absolute atomic E-state index is 0.417. The van der Waals surface area contributed by atoms with Gasteiger partial charge in [0.05, 0.1) is 10.6 Å². The van der Waals surface area contributed by atoms with Crippen LogP contribution in [0.4, 0.5) is 0 Å². The average molecular weight is 207 g/mol. The molecule has 1 saturated heterocycles. The molecule has 0 saturated carbocycles. The Balaban J connectivity index is 2.28. The third-order valence-corrected chi connectivity index (χ3v) is 2.89. The van der Waals surface area contributed by atoms with Gasteiger partial charge in [0.1, 0.15) is 6.07 Å². The van der Waals surface area contributed by atoms with Gasteiger partial charge in [-0.2, -0.15) is 5.26 Å². The lowest BCUT2D eigenvalue weighted by Gasteiger charge is -2.10. The molecule has 1 aromatic carbocycles. The summed E-state index contributed by atoms with van der Waals surface area (Å²) in [6.45, 7) is 1.07. The molecule has 0 bridgehead atoms. The standard InChI is InChI=1S/C11H11ClN2/c12-10-6-8(3-4-9(10)7-13)11-2-1-5-14-11/h3-4,6,11,14H,1-2,5H2/t11-/m0/s1. The highest BCUT2D eigenvalue weighted by atomic mass is 35.5. The van der Waals surface area contributed by atoms with Crippen molar-refractivity contribution >= 4 is 11.6 Å². The third-order valence-electron chi connectivity index (χ3n) is 2.58. The SMILES string of the molecule is N#Cc1ccc([C@@H]2CCCN2)cc1Cl. The number of halogens is 1. The number of nitriles is 1. The summed E-state index contributed by atoms with van der Waals surface area (Å²) in [7, 11) is 0. The van der Waals surface area contributed by atoms with Crippen molar-refractivity contribution in [1.82, 2.24) is 5.32 Å². The highest BCUT2D eigenvalue weighted by molar-refractivity contribution is 6.31. The molecule has 14 heavy (non-hydrogen) atoms. The van der Waals surface area contributed by atoms with Crippen molar-refractivity contribution in [3.63, 3.8) is 0 Å². The Bertz CT molecular complexity index is 375. The Morgan fingerprint density at radius 3 is 2.93 bits per heavy atom. The topological polar surface area (TPSA) is 35.8 Å². The van der Waals surface area contributed by atoms with Crippen molar-refractivity contribution in [1.29, 1.82) is 5.26 Å². The van der Waals surface area contributed by atoms with Crippen LogP contribution in [0.2, 0.25) is 5.02 Å². The molecule has 2 nitrogen and oxygen atoms in total. The van der Waals surface area contributed by atoms with E-state index >= 15 is 0 Å². The lowest BCUT2D eigenvalue weighted by molar-refractivity contribution is 0.648. The summed E-state index contributed by atoms with van der Waals surface area (Å²) in [5.41, 5.74) is 1.74. The lowest BCUT2D eigenvalue weighted by Crippen LogP contribution is -2.12. The van der Waals surface area contributed by atoms with E-state index in [0.717, 1.165) is 13.0 Å². The highest BCUT2D eigenvalue weighted by Gasteiger charge is 2.16. The van der Waals surface area contributed by atoms with Gasteiger partial charge in [-0.25, -0.2) is 0 Å². The monoisotopic (exact) mass is 206 g/mol. The quantitative estimate of drug-likeness (QED) is 0.767. The molecule has 1 N–H and O–H groups in total. The van der Waals surface area contributed by atoms with Crippen LogP contribution in [0, 0.1) is 11.3 Å². The first-order valence-electron chi connectivity index (χ1n) is 4.74. The summed E-state index contributed by atoms with van der Waals surface area (Å²) in [4.78, 5) is 0. The van der Waals surface area contributed by atoms with Gasteiger partial charge in [-0.1, -0.05) is 17.7 Å². The number of rotatable bonds is 1. The van der Waals surface area contributed by atoms with E-state index in [0.29, 0.717) is 16.6 Å². The lowest BCUT2D eigenvalue weighted by atomic mass is 10.0. The van der Waals surface area contributed by atoms with Gasteiger partial charge in [-0.05, 0) is 37.1 Å². The highest BCUT2D eigenvalue weighted by Crippen LogP contribution is 2.26. The van der Waals surface area contributed by atoms with Gasteiger partial charge in [0.15, 0.2) is 0 Å². The zero-order valence-corrected chi connectivity index (χ0v) is 8.51. The normalized spacial score (nSPS) is 20.7. The maximum absolute atomic E-state index is 8.72. The summed E-state index contributed by atoms with van der Waals surface area (Å²) >= 11 is 5.96. The molecule has 1 fully saturated rings. The first-order valence-corrected chi connectivity index (χ1v) is 5.12. The maximum atomic E-state index is 8.72. The zero-order chi connectivity index (χ0) is 9.97. The molecule has 1 aliphatic heterocycles. The molecule has 3 heteroatoms. The number of benzene rings is 1. The number of hydrogen-bond acceptors (Lipinski definition) is 2. The summed E-state index contributed by atoms with van der Waals surface area (Å²) in [5.74, 6) is 0. The summed E-state index contributed by atoms with van der Waals surface area (Å²) < 4.78 is 0. The second-order valence-corrected chi connectivity index (χ2v) is 3.91. The van der Waals surface area contributed by atoms with Crippen LogP contribution < -0.4 is 5.32 Å². The van der Waals surface area contributed by atoms with E-state index in [1.54, 1.807) is 6.07 Å². The summed E-state index contributed by atoms with van der Waals surface area (Å²) in [5, 5.41) is 12.7. The second-order valence-electron chi connectivity index (χ2n) is 3.50. The Kier molecular flexibility index (Phi) is 2.72. The van der Waals surface area contributed by atoms with Crippen molar-refractivity contribution < 1.29 is 0 Å². The van der Waals surface area contributed by atoms with Gasteiger partial charge in [0.2, 0.25) is 0 Å². The molecule has 2 rings (SSSR count). The molecule has 0 radical (unpaired) electrons. The van der Waals surface area contributed by atoms with Gasteiger partial charge in [0, 0.05) is 6.04 Å². The predicted molar refractivity (Wildman–Crippen MR) is 56.1 cm³/mol. The van der Waals surface area contributed by atoms with Crippen molar-refractivity contribution in [2.45, 2.75) is 18.9 Å². The van der Waals surface area contributed by atoms with E-state index in [9.17, 15) is 0 Å². The summed E-state index contributed by atoms with van der Waals surface area (Å²) in [6, 6.07) is 8.14. The fraction of sp³-hybridized carbons (Fsp3) is 0.364. The van der Waals surface area contributed by atoms with Crippen LogP contribution in [-0.4, -0.2) is 6.54 Å². The maximum Gasteiger partial charge on any atom is 0.101 e.